The van der Waals surface area contributed by atoms with Crippen LogP contribution in [0.25, 0.3) is 0 Å². The first kappa shape index (κ1) is 16.1. The molecule has 1 aromatic carbocycles. The van der Waals surface area contributed by atoms with E-state index in [-0.39, 0.29) is 11.3 Å². The number of ether oxygens (including phenoxy) is 4. The molecule has 6 nitrogen and oxygen atoms in total. The van der Waals surface area contributed by atoms with Crippen LogP contribution in [-0.2, 0) is 9.47 Å². The Kier molecular flexibility index (Phi) is 3.98. The SMILES string of the molecule is COc1cc(OC)cc(C(=O)N2CC3(COC(C)(C)OC3)C2)c1. The highest BCUT2D eigenvalue weighted by atomic mass is 16.7. The summed E-state index contributed by atoms with van der Waals surface area (Å²) in [4.78, 5) is 14.5. The van der Waals surface area contributed by atoms with E-state index in [1.807, 2.05) is 13.8 Å². The van der Waals surface area contributed by atoms with E-state index in [0.717, 1.165) is 0 Å². The number of hydrogen-bond acceptors (Lipinski definition) is 5. The third kappa shape index (κ3) is 3.14. The summed E-state index contributed by atoms with van der Waals surface area (Å²) in [5, 5.41) is 0. The maximum absolute atomic E-state index is 12.6. The molecule has 6 heteroatoms. The summed E-state index contributed by atoms with van der Waals surface area (Å²) in [6.45, 7) is 6.33. The molecule has 0 saturated carbocycles. The molecule has 0 N–H and O–H groups in total. The van der Waals surface area contributed by atoms with Crippen molar-refractivity contribution in [3.63, 3.8) is 0 Å². The third-order valence-electron chi connectivity index (χ3n) is 4.39. The zero-order chi connectivity index (χ0) is 16.7. The zero-order valence-electron chi connectivity index (χ0n) is 14.0. The van der Waals surface area contributed by atoms with E-state index in [1.165, 1.54) is 0 Å². The predicted octanol–water partition coefficient (Wildman–Crippen LogP) is 1.93. The molecule has 126 valence electrons. The topological polar surface area (TPSA) is 57.2 Å². The van der Waals surface area contributed by atoms with Gasteiger partial charge < -0.3 is 23.8 Å². The quantitative estimate of drug-likeness (QED) is 0.851. The Labute approximate surface area is 136 Å². The molecule has 0 unspecified atom stereocenters. The summed E-state index contributed by atoms with van der Waals surface area (Å²) in [5.74, 6) is 0.649. The van der Waals surface area contributed by atoms with E-state index in [9.17, 15) is 4.79 Å². The summed E-state index contributed by atoms with van der Waals surface area (Å²) in [7, 11) is 3.14. The summed E-state index contributed by atoms with van der Waals surface area (Å²) >= 11 is 0. The van der Waals surface area contributed by atoms with Gasteiger partial charge in [-0.3, -0.25) is 4.79 Å². The first-order valence-electron chi connectivity index (χ1n) is 7.67. The Hall–Kier alpha value is -1.79. The monoisotopic (exact) mass is 321 g/mol. The van der Waals surface area contributed by atoms with Gasteiger partial charge in [-0.05, 0) is 26.0 Å². The average Bonchev–Trinajstić information content (AvgIpc) is 2.52. The molecule has 1 aromatic rings. The Bertz CT molecular complexity index is 573. The number of hydrogen-bond donors (Lipinski definition) is 0. The van der Waals surface area contributed by atoms with Crippen LogP contribution in [0.3, 0.4) is 0 Å². The average molecular weight is 321 g/mol. The van der Waals surface area contributed by atoms with Crippen molar-refractivity contribution in [3.05, 3.63) is 23.8 Å². The highest BCUT2D eigenvalue weighted by molar-refractivity contribution is 5.95. The molecular formula is C17H23NO5. The van der Waals surface area contributed by atoms with Gasteiger partial charge in [0, 0.05) is 24.7 Å². The predicted molar refractivity (Wildman–Crippen MR) is 83.9 cm³/mol. The van der Waals surface area contributed by atoms with E-state index in [0.29, 0.717) is 43.4 Å². The fourth-order valence-corrected chi connectivity index (χ4v) is 2.94. The van der Waals surface area contributed by atoms with Crippen molar-refractivity contribution in [3.8, 4) is 11.5 Å². The molecule has 2 aliphatic rings. The highest BCUT2D eigenvalue weighted by Gasteiger charge is 2.50. The Morgan fingerprint density at radius 2 is 1.57 bits per heavy atom. The second-order valence-corrected chi connectivity index (χ2v) is 6.74. The summed E-state index contributed by atoms with van der Waals surface area (Å²) < 4.78 is 21.9. The molecule has 2 saturated heterocycles. The van der Waals surface area contributed by atoms with Crippen LogP contribution in [-0.4, -0.2) is 57.1 Å². The number of carbonyl (C=O) groups excluding carboxylic acids is 1. The molecule has 0 aliphatic carbocycles. The number of nitrogens with zero attached hydrogens (tertiary/aromatic N) is 1. The van der Waals surface area contributed by atoms with Gasteiger partial charge in [-0.1, -0.05) is 0 Å². The second kappa shape index (κ2) is 5.69. The van der Waals surface area contributed by atoms with E-state index in [2.05, 4.69) is 0 Å². The summed E-state index contributed by atoms with van der Waals surface area (Å²) in [6, 6.07) is 5.21. The van der Waals surface area contributed by atoms with E-state index >= 15 is 0 Å². The molecule has 0 atom stereocenters. The number of methoxy groups -OCH3 is 2. The maximum Gasteiger partial charge on any atom is 0.254 e. The van der Waals surface area contributed by atoms with Crippen LogP contribution in [0.2, 0.25) is 0 Å². The lowest BCUT2D eigenvalue weighted by atomic mass is 9.80. The van der Waals surface area contributed by atoms with Crippen molar-refractivity contribution < 1.29 is 23.7 Å². The van der Waals surface area contributed by atoms with Crippen molar-refractivity contribution in [2.45, 2.75) is 19.6 Å². The lowest BCUT2D eigenvalue weighted by Crippen LogP contribution is -2.65. The molecule has 2 heterocycles. The van der Waals surface area contributed by atoms with Crippen LogP contribution in [0.1, 0.15) is 24.2 Å². The second-order valence-electron chi connectivity index (χ2n) is 6.74. The van der Waals surface area contributed by atoms with Gasteiger partial charge in [-0.15, -0.1) is 0 Å². The van der Waals surface area contributed by atoms with Gasteiger partial charge in [-0.2, -0.15) is 0 Å². The molecule has 2 aliphatic heterocycles. The number of rotatable bonds is 3. The van der Waals surface area contributed by atoms with E-state index in [1.54, 1.807) is 37.3 Å². The minimum atomic E-state index is -0.532. The Morgan fingerprint density at radius 3 is 2.04 bits per heavy atom. The standard InChI is InChI=1S/C17H23NO5/c1-16(2)22-10-17(11-23-16)8-18(9-17)15(19)12-5-13(20-3)7-14(6-12)21-4/h5-7H,8-11H2,1-4H3. The normalized spacial score (nSPS) is 21.7. The fraction of sp³-hybridized carbons (Fsp3) is 0.588. The largest absolute Gasteiger partial charge is 0.497 e. The first-order valence-corrected chi connectivity index (χ1v) is 7.67. The van der Waals surface area contributed by atoms with Crippen molar-refractivity contribution in [2.75, 3.05) is 40.5 Å². The number of amides is 1. The van der Waals surface area contributed by atoms with Crippen LogP contribution in [0, 0.1) is 5.41 Å². The van der Waals surface area contributed by atoms with Gasteiger partial charge in [0.15, 0.2) is 5.79 Å². The zero-order valence-corrected chi connectivity index (χ0v) is 14.0. The fourth-order valence-electron chi connectivity index (χ4n) is 2.94. The number of benzene rings is 1. The Morgan fingerprint density at radius 1 is 1.04 bits per heavy atom. The summed E-state index contributed by atoms with van der Waals surface area (Å²) in [6.07, 6.45) is 0. The van der Waals surface area contributed by atoms with Crippen molar-refractivity contribution in [1.29, 1.82) is 0 Å². The van der Waals surface area contributed by atoms with Gasteiger partial charge in [0.05, 0.1) is 32.8 Å². The van der Waals surface area contributed by atoms with Gasteiger partial charge in [0.25, 0.3) is 5.91 Å². The highest BCUT2D eigenvalue weighted by Crippen LogP contribution is 2.38. The molecule has 0 radical (unpaired) electrons. The van der Waals surface area contributed by atoms with Crippen LogP contribution < -0.4 is 9.47 Å². The van der Waals surface area contributed by atoms with Gasteiger partial charge >= 0.3 is 0 Å². The van der Waals surface area contributed by atoms with Crippen molar-refractivity contribution in [2.24, 2.45) is 5.41 Å². The minimum absolute atomic E-state index is 0.0299. The number of carbonyl (C=O) groups is 1. The molecule has 0 bridgehead atoms. The third-order valence-corrected chi connectivity index (χ3v) is 4.39. The molecular weight excluding hydrogens is 298 g/mol. The first-order chi connectivity index (χ1) is 10.9. The van der Waals surface area contributed by atoms with Gasteiger partial charge in [0.2, 0.25) is 0 Å². The van der Waals surface area contributed by atoms with Gasteiger partial charge in [-0.25, -0.2) is 0 Å². The molecule has 1 amide bonds. The van der Waals surface area contributed by atoms with E-state index < -0.39 is 5.79 Å². The maximum atomic E-state index is 12.6. The molecule has 0 aromatic heterocycles. The molecule has 2 fully saturated rings. The van der Waals surface area contributed by atoms with E-state index in [4.69, 9.17) is 18.9 Å². The van der Waals surface area contributed by atoms with Crippen molar-refractivity contribution >= 4 is 5.91 Å². The molecule has 1 spiro atoms. The molecule has 3 rings (SSSR count). The lowest BCUT2D eigenvalue weighted by Gasteiger charge is -2.54. The number of likely N-dealkylation sites (tertiary alicyclic amines) is 1. The molecule has 23 heavy (non-hydrogen) atoms. The lowest BCUT2D eigenvalue weighted by molar-refractivity contribution is -0.301. The smallest absolute Gasteiger partial charge is 0.254 e. The minimum Gasteiger partial charge on any atom is -0.497 e. The van der Waals surface area contributed by atoms with Crippen LogP contribution in [0.15, 0.2) is 18.2 Å². The summed E-state index contributed by atoms with van der Waals surface area (Å²) in [5.41, 5.74) is 0.489. The van der Waals surface area contributed by atoms with Crippen LogP contribution in [0.4, 0.5) is 0 Å². The van der Waals surface area contributed by atoms with Crippen LogP contribution in [0.5, 0.6) is 11.5 Å². The Balaban J connectivity index is 1.67. The van der Waals surface area contributed by atoms with Crippen molar-refractivity contribution in [1.82, 2.24) is 4.90 Å². The van der Waals surface area contributed by atoms with Gasteiger partial charge in [0.1, 0.15) is 11.5 Å². The van der Waals surface area contributed by atoms with Crippen LogP contribution >= 0.6 is 0 Å².